The van der Waals surface area contributed by atoms with Crippen LogP contribution in [0.3, 0.4) is 0 Å². The van der Waals surface area contributed by atoms with Gasteiger partial charge >= 0.3 is 0 Å². The first kappa shape index (κ1) is 13.5. The van der Waals surface area contributed by atoms with Gasteiger partial charge in [-0.25, -0.2) is 0 Å². The smallest absolute Gasteiger partial charge is 0.220 e. The molecule has 2 N–H and O–H groups in total. The maximum absolute atomic E-state index is 11.6. The fraction of sp³-hybridized carbons (Fsp3) is 0.923. The molecule has 0 heterocycles. The van der Waals surface area contributed by atoms with Crippen LogP contribution in [0.1, 0.15) is 52.4 Å². The first-order valence-corrected chi connectivity index (χ1v) is 6.41. The van der Waals surface area contributed by atoms with Crippen molar-refractivity contribution >= 4 is 5.91 Å². The van der Waals surface area contributed by atoms with Gasteiger partial charge in [0.25, 0.3) is 0 Å². The lowest BCUT2D eigenvalue weighted by atomic mass is 9.82. The van der Waals surface area contributed by atoms with E-state index in [2.05, 4.69) is 19.2 Å². The second-order valence-electron chi connectivity index (χ2n) is 5.77. The van der Waals surface area contributed by atoms with Crippen molar-refractivity contribution in [2.45, 2.75) is 52.4 Å². The van der Waals surface area contributed by atoms with E-state index in [9.17, 15) is 4.79 Å². The second-order valence-corrected chi connectivity index (χ2v) is 5.77. The molecule has 0 aromatic rings. The molecule has 0 aromatic carbocycles. The first-order chi connectivity index (χ1) is 7.53. The summed E-state index contributed by atoms with van der Waals surface area (Å²) in [6, 6.07) is 0. The number of carbonyl (C=O) groups is 1. The Morgan fingerprint density at radius 1 is 1.44 bits per heavy atom. The van der Waals surface area contributed by atoms with E-state index < -0.39 is 0 Å². The Morgan fingerprint density at radius 2 is 2.12 bits per heavy atom. The van der Waals surface area contributed by atoms with E-state index in [1.165, 1.54) is 19.3 Å². The lowest BCUT2D eigenvalue weighted by molar-refractivity contribution is -0.123. The summed E-state index contributed by atoms with van der Waals surface area (Å²) in [6.45, 7) is 5.22. The molecule has 0 aromatic heterocycles. The van der Waals surface area contributed by atoms with Crippen molar-refractivity contribution in [1.82, 2.24) is 5.32 Å². The van der Waals surface area contributed by atoms with E-state index in [4.69, 9.17) is 5.11 Å². The van der Waals surface area contributed by atoms with Gasteiger partial charge in [0.1, 0.15) is 0 Å². The Morgan fingerprint density at radius 3 is 2.62 bits per heavy atom. The maximum Gasteiger partial charge on any atom is 0.220 e. The molecule has 0 atom stereocenters. The summed E-state index contributed by atoms with van der Waals surface area (Å²) < 4.78 is 0. The van der Waals surface area contributed by atoms with Crippen LogP contribution in [0.4, 0.5) is 0 Å². The zero-order chi connectivity index (χ0) is 12.0. The molecule has 1 amide bonds. The Hall–Kier alpha value is -0.570. The molecule has 0 spiro atoms. The lowest BCUT2D eigenvalue weighted by Gasteiger charge is -2.27. The third-order valence-electron chi connectivity index (χ3n) is 3.47. The summed E-state index contributed by atoms with van der Waals surface area (Å²) in [6.07, 6.45) is 6.21. The van der Waals surface area contributed by atoms with Crippen molar-refractivity contribution in [2.75, 3.05) is 13.2 Å². The predicted octanol–water partition coefficient (Wildman–Crippen LogP) is 2.09. The fourth-order valence-electron chi connectivity index (χ4n) is 2.02. The molecule has 0 aliphatic heterocycles. The van der Waals surface area contributed by atoms with Gasteiger partial charge in [0.2, 0.25) is 5.91 Å². The highest BCUT2D eigenvalue weighted by molar-refractivity contribution is 5.76. The quantitative estimate of drug-likeness (QED) is 0.699. The Kier molecular flexibility index (Phi) is 5.26. The van der Waals surface area contributed by atoms with E-state index in [0.717, 1.165) is 19.4 Å². The number of nitrogens with one attached hydrogen (secondary N) is 1. The number of aliphatic hydroxyl groups excluding tert-OH is 1. The molecule has 1 rings (SSSR count). The number of hydrogen-bond acceptors (Lipinski definition) is 2. The van der Waals surface area contributed by atoms with Crippen LogP contribution in [-0.2, 0) is 4.79 Å². The van der Waals surface area contributed by atoms with Crippen LogP contribution >= 0.6 is 0 Å². The monoisotopic (exact) mass is 227 g/mol. The highest BCUT2D eigenvalue weighted by Crippen LogP contribution is 2.29. The van der Waals surface area contributed by atoms with Crippen molar-refractivity contribution in [3.63, 3.8) is 0 Å². The van der Waals surface area contributed by atoms with Gasteiger partial charge in [-0.1, -0.05) is 20.3 Å². The molecule has 1 aliphatic rings. The van der Waals surface area contributed by atoms with Crippen LogP contribution in [0.25, 0.3) is 0 Å². The fourth-order valence-corrected chi connectivity index (χ4v) is 2.02. The molecule has 1 aliphatic carbocycles. The summed E-state index contributed by atoms with van der Waals surface area (Å²) in [7, 11) is 0. The van der Waals surface area contributed by atoms with Crippen molar-refractivity contribution < 1.29 is 9.90 Å². The number of hydrogen-bond donors (Lipinski definition) is 2. The zero-order valence-corrected chi connectivity index (χ0v) is 10.6. The van der Waals surface area contributed by atoms with Gasteiger partial charge in [-0.3, -0.25) is 4.79 Å². The van der Waals surface area contributed by atoms with Crippen molar-refractivity contribution in [3.8, 4) is 0 Å². The molecular weight excluding hydrogens is 202 g/mol. The molecule has 94 valence electrons. The minimum atomic E-state index is 0.0952. The zero-order valence-electron chi connectivity index (χ0n) is 10.6. The topological polar surface area (TPSA) is 49.3 Å². The third-order valence-corrected chi connectivity index (χ3v) is 3.47. The number of rotatable bonds is 7. The van der Waals surface area contributed by atoms with E-state index in [-0.39, 0.29) is 17.9 Å². The van der Waals surface area contributed by atoms with E-state index >= 15 is 0 Å². The molecule has 3 heteroatoms. The summed E-state index contributed by atoms with van der Waals surface area (Å²) in [4.78, 5) is 11.6. The molecule has 1 saturated carbocycles. The molecule has 16 heavy (non-hydrogen) atoms. The van der Waals surface area contributed by atoms with Crippen molar-refractivity contribution in [3.05, 3.63) is 0 Å². The van der Waals surface area contributed by atoms with E-state index in [0.29, 0.717) is 12.3 Å². The summed E-state index contributed by atoms with van der Waals surface area (Å²) in [5, 5.41) is 11.8. The van der Waals surface area contributed by atoms with Gasteiger partial charge in [0.15, 0.2) is 0 Å². The molecule has 3 nitrogen and oxygen atoms in total. The van der Waals surface area contributed by atoms with Crippen LogP contribution in [-0.4, -0.2) is 24.2 Å². The van der Waals surface area contributed by atoms with Gasteiger partial charge in [-0.15, -0.1) is 0 Å². The average molecular weight is 227 g/mol. The minimum Gasteiger partial charge on any atom is -0.396 e. The van der Waals surface area contributed by atoms with Gasteiger partial charge in [0.05, 0.1) is 0 Å². The molecule has 0 saturated heterocycles. The van der Waals surface area contributed by atoms with E-state index in [1.54, 1.807) is 0 Å². The first-order valence-electron chi connectivity index (χ1n) is 6.41. The molecular formula is C13H25NO2. The van der Waals surface area contributed by atoms with Gasteiger partial charge < -0.3 is 10.4 Å². The summed E-state index contributed by atoms with van der Waals surface area (Å²) in [5.41, 5.74) is 0.0952. The maximum atomic E-state index is 11.6. The number of aliphatic hydroxyl groups is 1. The largest absolute Gasteiger partial charge is 0.396 e. The third kappa shape index (κ3) is 4.97. The van der Waals surface area contributed by atoms with Gasteiger partial charge in [-0.2, -0.15) is 0 Å². The molecule has 0 bridgehead atoms. The Labute approximate surface area is 98.6 Å². The van der Waals surface area contributed by atoms with Crippen LogP contribution in [0.5, 0.6) is 0 Å². The standard InChI is InChI=1S/C13H25NO2/c1-13(2,7-4-8-15)10-14-12(16)9-11-5-3-6-11/h11,15H,3-10H2,1-2H3,(H,14,16). The number of amides is 1. The van der Waals surface area contributed by atoms with Crippen LogP contribution in [0, 0.1) is 11.3 Å². The van der Waals surface area contributed by atoms with E-state index in [1.807, 2.05) is 0 Å². The lowest BCUT2D eigenvalue weighted by Crippen LogP contribution is -2.35. The van der Waals surface area contributed by atoms with Crippen LogP contribution in [0.2, 0.25) is 0 Å². The number of carbonyl (C=O) groups excluding carboxylic acids is 1. The summed E-state index contributed by atoms with van der Waals surface area (Å²) in [5.74, 6) is 0.835. The van der Waals surface area contributed by atoms with Gasteiger partial charge in [-0.05, 0) is 37.0 Å². The highest BCUT2D eigenvalue weighted by Gasteiger charge is 2.22. The highest BCUT2D eigenvalue weighted by atomic mass is 16.2. The molecule has 1 fully saturated rings. The van der Waals surface area contributed by atoms with Crippen LogP contribution in [0.15, 0.2) is 0 Å². The van der Waals surface area contributed by atoms with Gasteiger partial charge in [0, 0.05) is 19.6 Å². The Balaban J connectivity index is 2.13. The van der Waals surface area contributed by atoms with Crippen molar-refractivity contribution in [2.24, 2.45) is 11.3 Å². The summed E-state index contributed by atoms with van der Waals surface area (Å²) >= 11 is 0. The average Bonchev–Trinajstić information content (AvgIpc) is 2.18. The normalized spacial score (nSPS) is 16.9. The second kappa shape index (κ2) is 6.24. The minimum absolute atomic E-state index is 0.0952. The Bertz CT molecular complexity index is 222. The molecule has 0 unspecified atom stereocenters. The van der Waals surface area contributed by atoms with Crippen molar-refractivity contribution in [1.29, 1.82) is 0 Å². The molecule has 0 radical (unpaired) electrons. The predicted molar refractivity (Wildman–Crippen MR) is 65.1 cm³/mol. The van der Waals surface area contributed by atoms with Crippen LogP contribution < -0.4 is 5.32 Å². The SMILES string of the molecule is CC(C)(CCCO)CNC(=O)CC1CCC1.